The van der Waals surface area contributed by atoms with Gasteiger partial charge in [0.2, 0.25) is 10.0 Å². The molecule has 1 N–H and O–H groups in total. The van der Waals surface area contributed by atoms with Crippen molar-refractivity contribution in [3.8, 4) is 0 Å². The van der Waals surface area contributed by atoms with Crippen LogP contribution in [0, 0.1) is 11.7 Å². The lowest BCUT2D eigenvalue weighted by molar-refractivity contribution is -0.142. The lowest BCUT2D eigenvalue weighted by atomic mass is 10.0. The van der Waals surface area contributed by atoms with Crippen LogP contribution in [0.4, 0.5) is 4.39 Å². The van der Waals surface area contributed by atoms with E-state index in [1.54, 1.807) is 0 Å². The molecule has 110 valence electrons. The summed E-state index contributed by atoms with van der Waals surface area (Å²) in [5, 5.41) is 9.00. The number of piperidine rings is 1. The molecule has 1 fully saturated rings. The van der Waals surface area contributed by atoms with Crippen molar-refractivity contribution in [1.82, 2.24) is 4.31 Å². The van der Waals surface area contributed by atoms with Gasteiger partial charge in [-0.2, -0.15) is 4.31 Å². The van der Waals surface area contributed by atoms with Crippen molar-refractivity contribution in [3.05, 3.63) is 28.5 Å². The highest BCUT2D eigenvalue weighted by Crippen LogP contribution is 2.29. The number of halogens is 2. The molecule has 1 aliphatic rings. The van der Waals surface area contributed by atoms with Gasteiger partial charge in [0.25, 0.3) is 0 Å². The SMILES string of the molecule is O=C(O)[C@H]1CCCN(S(=O)(=O)c2ccc(F)cc2Br)C1. The van der Waals surface area contributed by atoms with E-state index in [-0.39, 0.29) is 22.5 Å². The number of benzene rings is 1. The van der Waals surface area contributed by atoms with E-state index in [1.165, 1.54) is 6.07 Å². The molecule has 1 aromatic carbocycles. The van der Waals surface area contributed by atoms with Crippen molar-refractivity contribution < 1.29 is 22.7 Å². The van der Waals surface area contributed by atoms with Gasteiger partial charge in [0.15, 0.2) is 0 Å². The van der Waals surface area contributed by atoms with Gasteiger partial charge in [-0.3, -0.25) is 4.79 Å². The van der Waals surface area contributed by atoms with Crippen LogP contribution in [-0.4, -0.2) is 36.9 Å². The van der Waals surface area contributed by atoms with Crippen LogP contribution in [0.5, 0.6) is 0 Å². The van der Waals surface area contributed by atoms with Crippen molar-refractivity contribution in [2.24, 2.45) is 5.92 Å². The highest BCUT2D eigenvalue weighted by molar-refractivity contribution is 9.10. The van der Waals surface area contributed by atoms with Crippen LogP contribution >= 0.6 is 15.9 Å². The summed E-state index contributed by atoms with van der Waals surface area (Å²) in [7, 11) is -3.82. The molecule has 0 spiro atoms. The molecule has 1 aromatic rings. The summed E-state index contributed by atoms with van der Waals surface area (Å²) < 4.78 is 39.2. The van der Waals surface area contributed by atoms with E-state index >= 15 is 0 Å². The van der Waals surface area contributed by atoms with Crippen LogP contribution in [0.2, 0.25) is 0 Å². The average molecular weight is 366 g/mol. The fraction of sp³-hybridized carbons (Fsp3) is 0.417. The minimum Gasteiger partial charge on any atom is -0.481 e. The van der Waals surface area contributed by atoms with Crippen LogP contribution in [0.15, 0.2) is 27.6 Å². The lowest BCUT2D eigenvalue weighted by Crippen LogP contribution is -2.42. The average Bonchev–Trinajstić information content (AvgIpc) is 2.38. The number of hydrogen-bond donors (Lipinski definition) is 1. The zero-order valence-electron chi connectivity index (χ0n) is 10.4. The van der Waals surface area contributed by atoms with Gasteiger partial charge >= 0.3 is 5.97 Å². The van der Waals surface area contributed by atoms with Crippen LogP contribution in [0.1, 0.15) is 12.8 Å². The van der Waals surface area contributed by atoms with Crippen molar-refractivity contribution >= 4 is 31.9 Å². The Morgan fingerprint density at radius 2 is 2.15 bits per heavy atom. The fourth-order valence-electron chi connectivity index (χ4n) is 2.19. The van der Waals surface area contributed by atoms with Crippen LogP contribution in [-0.2, 0) is 14.8 Å². The van der Waals surface area contributed by atoms with E-state index in [0.29, 0.717) is 12.8 Å². The first kappa shape index (κ1) is 15.4. The van der Waals surface area contributed by atoms with Gasteiger partial charge in [0.1, 0.15) is 5.82 Å². The Morgan fingerprint density at radius 1 is 1.45 bits per heavy atom. The smallest absolute Gasteiger partial charge is 0.307 e. The third-order valence-corrected chi connectivity index (χ3v) is 6.09. The largest absolute Gasteiger partial charge is 0.481 e. The maximum Gasteiger partial charge on any atom is 0.307 e. The van der Waals surface area contributed by atoms with Gasteiger partial charge in [-0.25, -0.2) is 12.8 Å². The molecule has 0 aliphatic carbocycles. The van der Waals surface area contributed by atoms with Crippen LogP contribution in [0.3, 0.4) is 0 Å². The molecule has 0 saturated carbocycles. The van der Waals surface area contributed by atoms with Gasteiger partial charge in [-0.1, -0.05) is 0 Å². The second-order valence-electron chi connectivity index (χ2n) is 4.62. The number of carboxylic acid groups (broad SMARTS) is 1. The second-order valence-corrected chi connectivity index (χ2v) is 7.38. The van der Waals surface area contributed by atoms with E-state index in [9.17, 15) is 17.6 Å². The first-order valence-electron chi connectivity index (χ1n) is 6.00. The first-order valence-corrected chi connectivity index (χ1v) is 8.23. The Hall–Kier alpha value is -0.990. The maximum atomic E-state index is 13.0. The summed E-state index contributed by atoms with van der Waals surface area (Å²) in [4.78, 5) is 10.9. The molecular weight excluding hydrogens is 353 g/mol. The molecule has 2 rings (SSSR count). The third kappa shape index (κ3) is 3.02. The number of hydrogen-bond acceptors (Lipinski definition) is 3. The fourth-order valence-corrected chi connectivity index (χ4v) is 4.72. The molecule has 0 aromatic heterocycles. The number of carbonyl (C=O) groups is 1. The molecular formula is C12H13BrFNO4S. The molecule has 0 unspecified atom stereocenters. The van der Waals surface area contributed by atoms with Crippen LogP contribution < -0.4 is 0 Å². The third-order valence-electron chi connectivity index (χ3n) is 3.25. The number of rotatable bonds is 3. The molecule has 1 aliphatic heterocycles. The topological polar surface area (TPSA) is 74.7 Å². The highest BCUT2D eigenvalue weighted by Gasteiger charge is 2.34. The van der Waals surface area contributed by atoms with Gasteiger partial charge in [0.05, 0.1) is 10.8 Å². The molecule has 5 nitrogen and oxygen atoms in total. The maximum absolute atomic E-state index is 13.0. The summed E-state index contributed by atoms with van der Waals surface area (Å²) in [6, 6.07) is 3.32. The quantitative estimate of drug-likeness (QED) is 0.889. The lowest BCUT2D eigenvalue weighted by Gasteiger charge is -2.30. The van der Waals surface area contributed by atoms with E-state index in [0.717, 1.165) is 16.4 Å². The van der Waals surface area contributed by atoms with Crippen molar-refractivity contribution in [2.45, 2.75) is 17.7 Å². The van der Waals surface area contributed by atoms with Gasteiger partial charge in [-0.15, -0.1) is 0 Å². The molecule has 0 radical (unpaired) electrons. The number of carboxylic acids is 1. The van der Waals surface area contributed by atoms with Crippen molar-refractivity contribution in [1.29, 1.82) is 0 Å². The Balaban J connectivity index is 2.32. The zero-order chi connectivity index (χ0) is 14.9. The Morgan fingerprint density at radius 3 is 2.75 bits per heavy atom. The van der Waals surface area contributed by atoms with E-state index in [2.05, 4.69) is 15.9 Å². The molecule has 20 heavy (non-hydrogen) atoms. The Labute approximate surface area is 124 Å². The molecule has 1 saturated heterocycles. The predicted molar refractivity (Wildman–Crippen MR) is 73.2 cm³/mol. The minimum absolute atomic E-state index is 0.0510. The predicted octanol–water partition coefficient (Wildman–Crippen LogP) is 2.07. The van der Waals surface area contributed by atoms with E-state index in [4.69, 9.17) is 5.11 Å². The Kier molecular flexibility index (Phi) is 4.46. The molecule has 1 heterocycles. The number of nitrogens with zero attached hydrogens (tertiary/aromatic N) is 1. The van der Waals surface area contributed by atoms with Gasteiger partial charge < -0.3 is 5.11 Å². The normalized spacial score (nSPS) is 20.8. The number of aliphatic carboxylic acids is 1. The molecule has 0 amide bonds. The van der Waals surface area contributed by atoms with E-state index in [1.807, 2.05) is 0 Å². The monoisotopic (exact) mass is 365 g/mol. The minimum atomic E-state index is -3.82. The van der Waals surface area contributed by atoms with Crippen molar-refractivity contribution in [3.63, 3.8) is 0 Å². The zero-order valence-corrected chi connectivity index (χ0v) is 12.8. The second kappa shape index (κ2) is 5.79. The Bertz CT molecular complexity index is 634. The van der Waals surface area contributed by atoms with Crippen molar-refractivity contribution in [2.75, 3.05) is 13.1 Å². The van der Waals surface area contributed by atoms with Crippen LogP contribution in [0.25, 0.3) is 0 Å². The van der Waals surface area contributed by atoms with Gasteiger partial charge in [0, 0.05) is 17.6 Å². The molecule has 8 heteroatoms. The summed E-state index contributed by atoms with van der Waals surface area (Å²) in [6.45, 7) is 0.220. The standard InChI is InChI=1S/C12H13BrFNO4S/c13-10-6-9(14)3-4-11(10)20(18,19)15-5-1-2-8(7-15)12(16)17/h3-4,6,8H,1-2,5,7H2,(H,16,17)/t8-/m0/s1. The first-order chi connectivity index (χ1) is 9.32. The molecule has 0 bridgehead atoms. The summed E-state index contributed by atoms with van der Waals surface area (Å²) in [5.74, 6) is -2.24. The number of sulfonamides is 1. The molecule has 1 atom stereocenters. The highest BCUT2D eigenvalue weighted by atomic mass is 79.9. The van der Waals surface area contributed by atoms with Gasteiger partial charge in [-0.05, 0) is 47.0 Å². The van der Waals surface area contributed by atoms with E-state index < -0.39 is 27.7 Å². The summed E-state index contributed by atoms with van der Waals surface area (Å²) in [5.41, 5.74) is 0. The summed E-state index contributed by atoms with van der Waals surface area (Å²) in [6.07, 6.45) is 0.959. The summed E-state index contributed by atoms with van der Waals surface area (Å²) >= 11 is 3.03.